The summed E-state index contributed by atoms with van der Waals surface area (Å²) in [5, 5.41) is 3.44. The van der Waals surface area contributed by atoms with Crippen molar-refractivity contribution in [1.29, 1.82) is 0 Å². The van der Waals surface area contributed by atoms with Crippen molar-refractivity contribution in [2.45, 2.75) is 77.0 Å². The molecule has 0 spiro atoms. The first-order chi connectivity index (χ1) is 11.8. The fourth-order valence-corrected chi connectivity index (χ4v) is 3.36. The molecule has 2 rings (SSSR count). The van der Waals surface area contributed by atoms with Crippen LogP contribution in [0.25, 0.3) is 0 Å². The predicted molar refractivity (Wildman–Crippen MR) is 108 cm³/mol. The molecule has 1 aliphatic heterocycles. The lowest BCUT2D eigenvalue weighted by Gasteiger charge is -2.12. The van der Waals surface area contributed by atoms with Crippen LogP contribution in [0.3, 0.4) is 0 Å². The third-order valence-corrected chi connectivity index (χ3v) is 4.88. The van der Waals surface area contributed by atoms with Gasteiger partial charge in [-0.05, 0) is 30.4 Å². The van der Waals surface area contributed by atoms with E-state index < -0.39 is 0 Å². The van der Waals surface area contributed by atoms with E-state index in [9.17, 15) is 0 Å². The smallest absolute Gasteiger partial charge is 0.0721 e. The zero-order valence-corrected chi connectivity index (χ0v) is 16.8. The van der Waals surface area contributed by atoms with Crippen molar-refractivity contribution in [1.82, 2.24) is 5.32 Å². The van der Waals surface area contributed by atoms with Crippen molar-refractivity contribution in [3.8, 4) is 0 Å². The molecule has 0 aromatic heterocycles. The molecule has 0 amide bonds. The molecule has 1 heterocycles. The number of rotatable bonds is 12. The minimum Gasteiger partial charge on any atom is -0.383 e. The maximum Gasteiger partial charge on any atom is 0.0721 e. The summed E-state index contributed by atoms with van der Waals surface area (Å²) in [5.74, 6) is 0. The molecule has 1 aliphatic rings. The number of unbranched alkanes of at least 4 members (excludes halogenated alkanes) is 5. The third-order valence-electron chi connectivity index (χ3n) is 4.88. The lowest BCUT2D eigenvalue weighted by Crippen LogP contribution is -2.25. The van der Waals surface area contributed by atoms with Crippen LogP contribution in [0.15, 0.2) is 24.3 Å². The van der Waals surface area contributed by atoms with Gasteiger partial charge in [-0.25, -0.2) is 0 Å². The van der Waals surface area contributed by atoms with Gasteiger partial charge in [-0.3, -0.25) is 0 Å². The van der Waals surface area contributed by atoms with Gasteiger partial charge in [0.15, 0.2) is 0 Å². The zero-order valence-electron chi connectivity index (χ0n) is 16.0. The molecule has 0 unspecified atom stereocenters. The molecule has 0 bridgehead atoms. The van der Waals surface area contributed by atoms with E-state index in [1.54, 1.807) is 7.11 Å². The summed E-state index contributed by atoms with van der Waals surface area (Å²) in [5.41, 5.74) is 2.73. The number of nitrogens with one attached hydrogen (secondary N) is 1. The van der Waals surface area contributed by atoms with Crippen molar-refractivity contribution in [2.24, 2.45) is 0 Å². The molecule has 2 atom stereocenters. The fourth-order valence-electron chi connectivity index (χ4n) is 3.36. The molecule has 1 N–H and O–H groups in total. The van der Waals surface area contributed by atoms with Crippen LogP contribution in [0.1, 0.15) is 63.0 Å². The van der Waals surface area contributed by atoms with Gasteiger partial charge in [-0.1, -0.05) is 63.3 Å². The summed E-state index contributed by atoms with van der Waals surface area (Å²) in [6.07, 6.45) is 10.7. The van der Waals surface area contributed by atoms with Crippen LogP contribution in [-0.4, -0.2) is 32.4 Å². The van der Waals surface area contributed by atoms with E-state index in [2.05, 4.69) is 36.5 Å². The number of halogens is 1. The van der Waals surface area contributed by atoms with Crippen molar-refractivity contribution in [3.05, 3.63) is 35.4 Å². The molecule has 1 aromatic carbocycles. The molecule has 1 aromatic rings. The monoisotopic (exact) mass is 369 g/mol. The summed E-state index contributed by atoms with van der Waals surface area (Å²) in [6, 6.07) is 9.43. The summed E-state index contributed by atoms with van der Waals surface area (Å²) in [6.45, 7) is 4.69. The highest BCUT2D eigenvalue weighted by Gasteiger charge is 2.24. The molecule has 0 saturated carbocycles. The summed E-state index contributed by atoms with van der Waals surface area (Å²) in [7, 11) is 1.75. The molecular formula is C21H36ClNO2. The van der Waals surface area contributed by atoms with Gasteiger partial charge in [0.05, 0.1) is 19.3 Å². The predicted octanol–water partition coefficient (Wildman–Crippen LogP) is 4.90. The second-order valence-corrected chi connectivity index (χ2v) is 7.06. The minimum absolute atomic E-state index is 0. The molecule has 3 nitrogen and oxygen atoms in total. The number of ether oxygens (including phenoxy) is 2. The SMILES string of the molecule is CCCCCCCCc1ccc(CO[C@@H]2CN[C@@H](COC)C2)cc1.Cl. The molecule has 1 fully saturated rings. The lowest BCUT2D eigenvalue weighted by molar-refractivity contribution is 0.0502. The van der Waals surface area contributed by atoms with Crippen LogP contribution < -0.4 is 5.32 Å². The van der Waals surface area contributed by atoms with E-state index in [0.717, 1.165) is 19.6 Å². The Hall–Kier alpha value is -0.610. The zero-order chi connectivity index (χ0) is 17.0. The number of methoxy groups -OCH3 is 1. The Morgan fingerprint density at radius 1 is 1.00 bits per heavy atom. The van der Waals surface area contributed by atoms with E-state index in [1.807, 2.05) is 0 Å². The van der Waals surface area contributed by atoms with Crippen LogP contribution in [0.2, 0.25) is 0 Å². The third kappa shape index (κ3) is 9.05. The normalized spacial score (nSPS) is 19.8. The first kappa shape index (κ1) is 22.4. The molecule has 25 heavy (non-hydrogen) atoms. The van der Waals surface area contributed by atoms with Gasteiger partial charge in [0, 0.05) is 19.7 Å². The van der Waals surface area contributed by atoms with E-state index >= 15 is 0 Å². The fraction of sp³-hybridized carbons (Fsp3) is 0.714. The van der Waals surface area contributed by atoms with Gasteiger partial charge < -0.3 is 14.8 Å². The van der Waals surface area contributed by atoms with E-state index in [1.165, 1.54) is 56.1 Å². The van der Waals surface area contributed by atoms with Crippen molar-refractivity contribution in [3.63, 3.8) is 0 Å². The topological polar surface area (TPSA) is 30.5 Å². The number of aryl methyl sites for hydroxylation is 1. The first-order valence-electron chi connectivity index (χ1n) is 9.73. The van der Waals surface area contributed by atoms with Crippen LogP contribution in [-0.2, 0) is 22.5 Å². The van der Waals surface area contributed by atoms with Gasteiger partial charge in [-0.2, -0.15) is 0 Å². The van der Waals surface area contributed by atoms with Gasteiger partial charge in [0.25, 0.3) is 0 Å². The standard InChI is InChI=1S/C21H35NO2.ClH/c1-3-4-5-6-7-8-9-18-10-12-19(13-11-18)16-24-21-14-20(17-23-2)22-15-21;/h10-13,20-22H,3-9,14-17H2,1-2H3;1H/t20-,21+;/m1./s1. The number of hydrogen-bond donors (Lipinski definition) is 1. The Balaban J connectivity index is 0.00000312. The molecule has 0 aliphatic carbocycles. The van der Waals surface area contributed by atoms with E-state index in [4.69, 9.17) is 9.47 Å². The maximum atomic E-state index is 6.02. The molecular weight excluding hydrogens is 334 g/mol. The van der Waals surface area contributed by atoms with Crippen LogP contribution in [0, 0.1) is 0 Å². The molecule has 144 valence electrons. The van der Waals surface area contributed by atoms with E-state index in [-0.39, 0.29) is 12.4 Å². The molecule has 0 radical (unpaired) electrons. The van der Waals surface area contributed by atoms with E-state index in [0.29, 0.717) is 18.8 Å². The van der Waals surface area contributed by atoms with Gasteiger partial charge in [0.2, 0.25) is 0 Å². The Morgan fingerprint density at radius 2 is 1.68 bits per heavy atom. The maximum absolute atomic E-state index is 6.02. The largest absolute Gasteiger partial charge is 0.383 e. The summed E-state index contributed by atoms with van der Waals surface area (Å²) >= 11 is 0. The highest BCUT2D eigenvalue weighted by molar-refractivity contribution is 5.85. The highest BCUT2D eigenvalue weighted by atomic mass is 35.5. The quantitative estimate of drug-likeness (QED) is 0.531. The van der Waals surface area contributed by atoms with Crippen LogP contribution in [0.5, 0.6) is 0 Å². The summed E-state index contributed by atoms with van der Waals surface area (Å²) in [4.78, 5) is 0. The van der Waals surface area contributed by atoms with Crippen molar-refractivity contribution < 1.29 is 9.47 Å². The van der Waals surface area contributed by atoms with Crippen molar-refractivity contribution >= 4 is 12.4 Å². The second-order valence-electron chi connectivity index (χ2n) is 7.06. The average molecular weight is 370 g/mol. The van der Waals surface area contributed by atoms with Gasteiger partial charge in [0.1, 0.15) is 0 Å². The average Bonchev–Trinajstić information content (AvgIpc) is 3.05. The van der Waals surface area contributed by atoms with Crippen LogP contribution in [0.4, 0.5) is 0 Å². The molecule has 1 saturated heterocycles. The van der Waals surface area contributed by atoms with Gasteiger partial charge in [-0.15, -0.1) is 12.4 Å². The second kappa shape index (κ2) is 13.6. The van der Waals surface area contributed by atoms with Crippen molar-refractivity contribution in [2.75, 3.05) is 20.3 Å². The van der Waals surface area contributed by atoms with Crippen LogP contribution >= 0.6 is 12.4 Å². The number of benzene rings is 1. The Morgan fingerprint density at radius 3 is 2.40 bits per heavy atom. The molecule has 4 heteroatoms. The Bertz CT molecular complexity index is 438. The lowest BCUT2D eigenvalue weighted by atomic mass is 10.0. The van der Waals surface area contributed by atoms with Gasteiger partial charge >= 0.3 is 0 Å². The highest BCUT2D eigenvalue weighted by Crippen LogP contribution is 2.15. The minimum atomic E-state index is 0. The Kier molecular flexibility index (Phi) is 12.2. The Labute approximate surface area is 160 Å². The first-order valence-corrected chi connectivity index (χ1v) is 9.73. The number of hydrogen-bond acceptors (Lipinski definition) is 3. The summed E-state index contributed by atoms with van der Waals surface area (Å²) < 4.78 is 11.2.